The summed E-state index contributed by atoms with van der Waals surface area (Å²) in [7, 11) is 0. The van der Waals surface area contributed by atoms with Gasteiger partial charge < -0.3 is 16.0 Å². The summed E-state index contributed by atoms with van der Waals surface area (Å²) in [6.07, 6.45) is 0. The zero-order valence-corrected chi connectivity index (χ0v) is 16.7. The predicted octanol–water partition coefficient (Wildman–Crippen LogP) is 4.39. The molecule has 0 aliphatic heterocycles. The predicted molar refractivity (Wildman–Crippen MR) is 111 cm³/mol. The van der Waals surface area contributed by atoms with Crippen LogP contribution in [0.5, 0.6) is 0 Å². The van der Waals surface area contributed by atoms with Crippen molar-refractivity contribution in [2.45, 2.75) is 46.1 Å². The Morgan fingerprint density at radius 1 is 1.00 bits per heavy atom. The first-order chi connectivity index (χ1) is 12.7. The Balaban J connectivity index is 1.98. The summed E-state index contributed by atoms with van der Waals surface area (Å²) in [5.74, 6) is 0.0570. The summed E-state index contributed by atoms with van der Waals surface area (Å²) in [4.78, 5) is 24.6. The second-order valence-electron chi connectivity index (χ2n) is 7.93. The van der Waals surface area contributed by atoms with Gasteiger partial charge in [0.2, 0.25) is 5.91 Å². The first kappa shape index (κ1) is 20.5. The lowest BCUT2D eigenvalue weighted by atomic mass is 10.0. The molecule has 5 heteroatoms. The Labute approximate surface area is 161 Å². The van der Waals surface area contributed by atoms with Crippen LogP contribution in [0.4, 0.5) is 11.4 Å². The van der Waals surface area contributed by atoms with Crippen molar-refractivity contribution in [2.75, 3.05) is 17.2 Å². The summed E-state index contributed by atoms with van der Waals surface area (Å²) >= 11 is 0. The Kier molecular flexibility index (Phi) is 6.61. The summed E-state index contributed by atoms with van der Waals surface area (Å²) in [5, 5.41) is 8.96. The van der Waals surface area contributed by atoms with Gasteiger partial charge in [0.1, 0.15) is 0 Å². The molecule has 0 spiro atoms. The molecule has 0 heterocycles. The first-order valence-corrected chi connectivity index (χ1v) is 9.21. The zero-order chi connectivity index (χ0) is 20.0. The van der Waals surface area contributed by atoms with Crippen molar-refractivity contribution in [1.29, 1.82) is 0 Å². The molecule has 0 bridgehead atoms. The average molecular weight is 367 g/mol. The number of carbonyl (C=O) groups excluding carboxylic acids is 2. The molecule has 0 unspecified atom stereocenters. The SMILES string of the molecule is CC(C)c1ccccc1NC(=O)CNc1cccc(C(=O)NC(C)(C)C)c1. The number of amides is 2. The van der Waals surface area contributed by atoms with Crippen LogP contribution >= 0.6 is 0 Å². The van der Waals surface area contributed by atoms with Crippen LogP contribution in [0.2, 0.25) is 0 Å². The van der Waals surface area contributed by atoms with Crippen molar-refractivity contribution in [3.05, 3.63) is 59.7 Å². The molecule has 2 rings (SSSR count). The molecule has 3 N–H and O–H groups in total. The fourth-order valence-corrected chi connectivity index (χ4v) is 2.67. The molecule has 27 heavy (non-hydrogen) atoms. The Morgan fingerprint density at radius 2 is 1.70 bits per heavy atom. The molecule has 0 aliphatic carbocycles. The number of hydrogen-bond acceptors (Lipinski definition) is 3. The molecular formula is C22H29N3O2. The van der Waals surface area contributed by atoms with Crippen LogP contribution in [0.3, 0.4) is 0 Å². The fraction of sp³-hybridized carbons (Fsp3) is 0.364. The molecule has 0 aromatic heterocycles. The van der Waals surface area contributed by atoms with E-state index in [9.17, 15) is 9.59 Å². The molecule has 2 amide bonds. The Hall–Kier alpha value is -2.82. The highest BCUT2D eigenvalue weighted by atomic mass is 16.2. The standard InChI is InChI=1S/C22H29N3O2/c1-15(2)18-11-6-7-12-19(18)24-20(26)14-23-17-10-8-9-16(13-17)21(27)25-22(3,4)5/h6-13,15,23H,14H2,1-5H3,(H,24,26)(H,25,27). The lowest BCUT2D eigenvalue weighted by molar-refractivity contribution is -0.114. The average Bonchev–Trinajstić information content (AvgIpc) is 2.59. The maximum absolute atomic E-state index is 12.3. The third-order valence-corrected chi connectivity index (χ3v) is 3.92. The zero-order valence-electron chi connectivity index (χ0n) is 16.7. The number of anilines is 2. The summed E-state index contributed by atoms with van der Waals surface area (Å²) < 4.78 is 0. The molecule has 0 aliphatic rings. The minimum Gasteiger partial charge on any atom is -0.376 e. The molecule has 5 nitrogen and oxygen atoms in total. The highest BCUT2D eigenvalue weighted by Crippen LogP contribution is 2.23. The van der Waals surface area contributed by atoms with Crippen LogP contribution < -0.4 is 16.0 Å². The Bertz CT molecular complexity index is 807. The highest BCUT2D eigenvalue weighted by molar-refractivity contribution is 5.96. The van der Waals surface area contributed by atoms with Crippen LogP contribution in [-0.4, -0.2) is 23.9 Å². The summed E-state index contributed by atoms with van der Waals surface area (Å²) in [6.45, 7) is 10.1. The van der Waals surface area contributed by atoms with Gasteiger partial charge in [0, 0.05) is 22.5 Å². The van der Waals surface area contributed by atoms with E-state index in [1.807, 2.05) is 51.1 Å². The summed E-state index contributed by atoms with van der Waals surface area (Å²) in [5.41, 5.74) is 2.91. The van der Waals surface area contributed by atoms with E-state index >= 15 is 0 Å². The first-order valence-electron chi connectivity index (χ1n) is 9.21. The molecule has 0 atom stereocenters. The van der Waals surface area contributed by atoms with Gasteiger partial charge in [0.25, 0.3) is 5.91 Å². The molecule has 2 aromatic rings. The van der Waals surface area contributed by atoms with Gasteiger partial charge in [-0.25, -0.2) is 0 Å². The minimum atomic E-state index is -0.301. The minimum absolute atomic E-state index is 0.122. The van der Waals surface area contributed by atoms with E-state index in [-0.39, 0.29) is 23.9 Å². The van der Waals surface area contributed by atoms with E-state index in [1.165, 1.54) is 0 Å². The molecule has 0 saturated heterocycles. The molecule has 2 aromatic carbocycles. The van der Waals surface area contributed by atoms with Gasteiger partial charge in [-0.15, -0.1) is 0 Å². The quantitative estimate of drug-likeness (QED) is 0.709. The van der Waals surface area contributed by atoms with Crippen LogP contribution in [0.1, 0.15) is 56.5 Å². The molecular weight excluding hydrogens is 338 g/mol. The van der Waals surface area contributed by atoms with Gasteiger partial charge in [-0.1, -0.05) is 38.1 Å². The van der Waals surface area contributed by atoms with Crippen molar-refractivity contribution in [3.8, 4) is 0 Å². The molecule has 0 fully saturated rings. The topological polar surface area (TPSA) is 70.2 Å². The van der Waals surface area contributed by atoms with E-state index in [0.717, 1.165) is 16.9 Å². The van der Waals surface area contributed by atoms with E-state index in [2.05, 4.69) is 29.8 Å². The lowest BCUT2D eigenvalue weighted by Crippen LogP contribution is -2.40. The van der Waals surface area contributed by atoms with Crippen molar-refractivity contribution >= 4 is 23.2 Å². The largest absolute Gasteiger partial charge is 0.376 e. The number of hydrogen-bond donors (Lipinski definition) is 3. The van der Waals surface area contributed by atoms with Gasteiger partial charge >= 0.3 is 0 Å². The third kappa shape index (κ3) is 6.44. The van der Waals surface area contributed by atoms with E-state index in [1.54, 1.807) is 18.2 Å². The van der Waals surface area contributed by atoms with Crippen molar-refractivity contribution in [3.63, 3.8) is 0 Å². The maximum atomic E-state index is 12.3. The molecule has 0 radical (unpaired) electrons. The normalized spacial score (nSPS) is 11.2. The van der Waals surface area contributed by atoms with Gasteiger partial charge in [0.05, 0.1) is 6.54 Å². The molecule has 0 saturated carbocycles. The smallest absolute Gasteiger partial charge is 0.251 e. The van der Waals surface area contributed by atoms with Crippen LogP contribution in [0, 0.1) is 0 Å². The number of nitrogens with one attached hydrogen (secondary N) is 3. The van der Waals surface area contributed by atoms with Crippen molar-refractivity contribution in [2.24, 2.45) is 0 Å². The third-order valence-electron chi connectivity index (χ3n) is 3.92. The monoisotopic (exact) mass is 367 g/mol. The van der Waals surface area contributed by atoms with Gasteiger partial charge in [-0.05, 0) is 56.5 Å². The fourth-order valence-electron chi connectivity index (χ4n) is 2.67. The molecule has 144 valence electrons. The van der Waals surface area contributed by atoms with Crippen LogP contribution in [-0.2, 0) is 4.79 Å². The summed E-state index contributed by atoms with van der Waals surface area (Å²) in [6, 6.07) is 14.9. The Morgan fingerprint density at radius 3 is 2.37 bits per heavy atom. The van der Waals surface area contributed by atoms with Crippen molar-refractivity contribution < 1.29 is 9.59 Å². The van der Waals surface area contributed by atoms with Crippen LogP contribution in [0.15, 0.2) is 48.5 Å². The van der Waals surface area contributed by atoms with E-state index in [0.29, 0.717) is 11.5 Å². The second kappa shape index (κ2) is 8.71. The van der Waals surface area contributed by atoms with Crippen molar-refractivity contribution in [1.82, 2.24) is 5.32 Å². The van der Waals surface area contributed by atoms with Gasteiger partial charge in [0.15, 0.2) is 0 Å². The van der Waals surface area contributed by atoms with E-state index < -0.39 is 0 Å². The highest BCUT2D eigenvalue weighted by Gasteiger charge is 2.15. The van der Waals surface area contributed by atoms with Gasteiger partial charge in [-0.2, -0.15) is 0 Å². The lowest BCUT2D eigenvalue weighted by Gasteiger charge is -2.20. The van der Waals surface area contributed by atoms with Crippen LogP contribution in [0.25, 0.3) is 0 Å². The number of benzene rings is 2. The number of para-hydroxylation sites is 1. The maximum Gasteiger partial charge on any atom is 0.251 e. The number of rotatable bonds is 6. The second-order valence-corrected chi connectivity index (χ2v) is 7.93. The number of carbonyl (C=O) groups is 2. The van der Waals surface area contributed by atoms with Gasteiger partial charge in [-0.3, -0.25) is 9.59 Å². The van der Waals surface area contributed by atoms with E-state index in [4.69, 9.17) is 0 Å².